The summed E-state index contributed by atoms with van der Waals surface area (Å²) in [5, 5.41) is 9.90. The summed E-state index contributed by atoms with van der Waals surface area (Å²) in [7, 11) is 0. The highest BCUT2D eigenvalue weighted by Gasteiger charge is 2.23. The minimum absolute atomic E-state index is 0.0750. The molecule has 28 heavy (non-hydrogen) atoms. The Bertz CT molecular complexity index is 486. The first-order chi connectivity index (χ1) is 13.4. The average molecular weight is 394 g/mol. The van der Waals surface area contributed by atoms with E-state index in [0.717, 1.165) is 18.4 Å². The van der Waals surface area contributed by atoms with E-state index in [-0.39, 0.29) is 11.3 Å². The van der Waals surface area contributed by atoms with Crippen molar-refractivity contribution in [1.29, 1.82) is 0 Å². The van der Waals surface area contributed by atoms with Crippen molar-refractivity contribution in [3.63, 3.8) is 0 Å². The van der Waals surface area contributed by atoms with Crippen molar-refractivity contribution < 1.29 is 4.79 Å². The Labute approximate surface area is 172 Å². The van der Waals surface area contributed by atoms with Gasteiger partial charge in [-0.05, 0) is 38.5 Å². The lowest BCUT2D eigenvalue weighted by Gasteiger charge is -2.36. The van der Waals surface area contributed by atoms with E-state index in [1.54, 1.807) is 0 Å². The molecule has 1 aliphatic carbocycles. The van der Waals surface area contributed by atoms with Crippen LogP contribution in [0.3, 0.4) is 0 Å². The third-order valence-electron chi connectivity index (χ3n) is 5.86. The second-order valence-electron chi connectivity index (χ2n) is 9.49. The lowest BCUT2D eigenvalue weighted by Crippen LogP contribution is -2.49. The number of carbonyl (C=O) groups excluding carboxylic acids is 1. The number of carbonyl (C=O) groups is 1. The number of hydrogen-bond donors (Lipinski definition) is 3. The van der Waals surface area contributed by atoms with Gasteiger partial charge in [0.2, 0.25) is 5.91 Å². The van der Waals surface area contributed by atoms with Crippen molar-refractivity contribution in [3.05, 3.63) is 0 Å². The molecule has 2 rings (SSSR count). The molecule has 1 aliphatic heterocycles. The van der Waals surface area contributed by atoms with Gasteiger partial charge in [0, 0.05) is 44.2 Å². The van der Waals surface area contributed by atoms with Gasteiger partial charge in [0.1, 0.15) is 0 Å². The Kier molecular flexibility index (Phi) is 9.56. The van der Waals surface area contributed by atoms with Crippen molar-refractivity contribution in [2.45, 2.75) is 78.7 Å². The lowest BCUT2D eigenvalue weighted by molar-refractivity contribution is -0.128. The largest absolute Gasteiger partial charge is 0.357 e. The van der Waals surface area contributed by atoms with Crippen LogP contribution in [0.2, 0.25) is 0 Å². The summed E-state index contributed by atoms with van der Waals surface area (Å²) in [6.07, 6.45) is 9.52. The Hall–Kier alpha value is -1.30. The minimum Gasteiger partial charge on any atom is -0.357 e. The van der Waals surface area contributed by atoms with Gasteiger partial charge in [0.15, 0.2) is 5.96 Å². The Morgan fingerprint density at radius 2 is 1.71 bits per heavy atom. The van der Waals surface area contributed by atoms with Crippen LogP contribution >= 0.6 is 0 Å². The van der Waals surface area contributed by atoms with Gasteiger partial charge in [-0.25, -0.2) is 0 Å². The van der Waals surface area contributed by atoms with E-state index in [0.29, 0.717) is 19.1 Å². The fraction of sp³-hybridized carbons (Fsp3) is 0.909. The van der Waals surface area contributed by atoms with Crippen LogP contribution in [0.25, 0.3) is 0 Å². The zero-order chi connectivity index (χ0) is 20.4. The predicted molar refractivity (Wildman–Crippen MR) is 118 cm³/mol. The molecule has 0 aromatic heterocycles. The monoisotopic (exact) mass is 393 g/mol. The van der Waals surface area contributed by atoms with Crippen LogP contribution in [-0.2, 0) is 4.79 Å². The van der Waals surface area contributed by atoms with Crippen molar-refractivity contribution in [2.24, 2.45) is 16.3 Å². The maximum Gasteiger partial charge on any atom is 0.225 e. The second-order valence-corrected chi connectivity index (χ2v) is 9.49. The van der Waals surface area contributed by atoms with Crippen molar-refractivity contribution in [1.82, 2.24) is 20.9 Å². The summed E-state index contributed by atoms with van der Waals surface area (Å²) in [4.78, 5) is 19.2. The molecule has 1 saturated carbocycles. The van der Waals surface area contributed by atoms with Gasteiger partial charge in [-0.15, -0.1) is 0 Å². The smallest absolute Gasteiger partial charge is 0.225 e. The minimum atomic E-state index is -0.349. The lowest BCUT2D eigenvalue weighted by atomic mass is 9.88. The summed E-state index contributed by atoms with van der Waals surface area (Å²) in [6.45, 7) is 13.6. The van der Waals surface area contributed by atoms with E-state index < -0.39 is 0 Å². The number of hydrogen-bond acceptors (Lipinski definition) is 3. The Balaban J connectivity index is 1.69. The average Bonchev–Trinajstić information content (AvgIpc) is 2.66. The van der Waals surface area contributed by atoms with Gasteiger partial charge >= 0.3 is 0 Å². The van der Waals surface area contributed by atoms with Gasteiger partial charge in [0.05, 0.1) is 6.54 Å². The van der Waals surface area contributed by atoms with Crippen LogP contribution < -0.4 is 16.0 Å². The van der Waals surface area contributed by atoms with Crippen molar-refractivity contribution in [3.8, 4) is 0 Å². The fourth-order valence-electron chi connectivity index (χ4n) is 4.11. The number of aliphatic imine (C=N–C) groups is 1. The van der Waals surface area contributed by atoms with Gasteiger partial charge in [-0.1, -0.05) is 40.0 Å². The standard InChI is InChI=1S/C22H43N5O/c1-5-23-21(25-14-13-24-20(28)22(2,3)4)26-19-11-15-27(16-12-19)17-18-9-7-6-8-10-18/h18-19H,5-17H2,1-4H3,(H,24,28)(H2,23,25,26). The van der Waals surface area contributed by atoms with E-state index in [4.69, 9.17) is 0 Å². The van der Waals surface area contributed by atoms with Gasteiger partial charge in [-0.3, -0.25) is 9.79 Å². The number of likely N-dealkylation sites (tertiary alicyclic amines) is 1. The zero-order valence-electron chi connectivity index (χ0n) is 18.6. The SMILES string of the molecule is CCNC(=NCCNC(=O)C(C)(C)C)NC1CCN(CC2CCCCC2)CC1. The third-order valence-corrected chi connectivity index (χ3v) is 5.86. The highest BCUT2D eigenvalue weighted by molar-refractivity contribution is 5.81. The summed E-state index contributed by atoms with van der Waals surface area (Å²) >= 11 is 0. The van der Waals surface area contributed by atoms with E-state index in [2.05, 4.69) is 32.8 Å². The van der Waals surface area contributed by atoms with Crippen LogP contribution in [0, 0.1) is 11.3 Å². The zero-order valence-corrected chi connectivity index (χ0v) is 18.6. The molecule has 6 nitrogen and oxygen atoms in total. The fourth-order valence-corrected chi connectivity index (χ4v) is 4.11. The normalized spacial score (nSPS) is 20.8. The molecule has 0 radical (unpaired) electrons. The maximum atomic E-state index is 11.9. The number of piperidine rings is 1. The Morgan fingerprint density at radius 1 is 1.04 bits per heavy atom. The van der Waals surface area contributed by atoms with Crippen LogP contribution in [-0.4, -0.2) is 62.1 Å². The van der Waals surface area contributed by atoms with Crippen LogP contribution in [0.4, 0.5) is 0 Å². The predicted octanol–water partition coefficient (Wildman–Crippen LogP) is 2.75. The van der Waals surface area contributed by atoms with Crippen LogP contribution in [0.15, 0.2) is 4.99 Å². The summed E-state index contributed by atoms with van der Waals surface area (Å²) < 4.78 is 0. The van der Waals surface area contributed by atoms with Crippen LogP contribution in [0.5, 0.6) is 0 Å². The molecule has 0 aromatic carbocycles. The summed E-state index contributed by atoms with van der Waals surface area (Å²) in [6, 6.07) is 0.490. The van der Waals surface area contributed by atoms with Crippen LogP contribution in [0.1, 0.15) is 72.6 Å². The van der Waals surface area contributed by atoms with Gasteiger partial charge in [0.25, 0.3) is 0 Å². The molecule has 2 aliphatic rings. The molecular formula is C22H43N5O. The quantitative estimate of drug-likeness (QED) is 0.353. The number of guanidine groups is 1. The molecule has 0 bridgehead atoms. The van der Waals surface area contributed by atoms with E-state index in [9.17, 15) is 4.79 Å². The number of rotatable bonds is 7. The first-order valence-corrected chi connectivity index (χ1v) is 11.4. The summed E-state index contributed by atoms with van der Waals surface area (Å²) in [5.41, 5.74) is -0.349. The molecule has 1 saturated heterocycles. The van der Waals surface area contributed by atoms with Crippen molar-refractivity contribution in [2.75, 3.05) is 39.3 Å². The molecule has 1 heterocycles. The topological polar surface area (TPSA) is 68.8 Å². The molecule has 162 valence electrons. The Morgan fingerprint density at radius 3 is 2.32 bits per heavy atom. The molecule has 2 fully saturated rings. The molecule has 0 aromatic rings. The van der Waals surface area contributed by atoms with E-state index in [1.165, 1.54) is 64.6 Å². The summed E-state index contributed by atoms with van der Waals surface area (Å²) in [5.74, 6) is 1.88. The van der Waals surface area contributed by atoms with E-state index >= 15 is 0 Å². The first-order valence-electron chi connectivity index (χ1n) is 11.4. The number of nitrogens with one attached hydrogen (secondary N) is 3. The molecule has 0 atom stereocenters. The maximum absolute atomic E-state index is 11.9. The molecular weight excluding hydrogens is 350 g/mol. The highest BCUT2D eigenvalue weighted by atomic mass is 16.2. The second kappa shape index (κ2) is 11.6. The van der Waals surface area contributed by atoms with Gasteiger partial charge in [-0.2, -0.15) is 0 Å². The van der Waals surface area contributed by atoms with E-state index in [1.807, 2.05) is 20.8 Å². The number of nitrogens with zero attached hydrogens (tertiary/aromatic N) is 2. The molecule has 6 heteroatoms. The molecule has 3 N–H and O–H groups in total. The van der Waals surface area contributed by atoms with Gasteiger partial charge < -0.3 is 20.9 Å². The molecule has 1 amide bonds. The highest BCUT2D eigenvalue weighted by Crippen LogP contribution is 2.25. The molecule has 0 unspecified atom stereocenters. The third kappa shape index (κ3) is 8.38. The molecule has 0 spiro atoms. The van der Waals surface area contributed by atoms with Crippen molar-refractivity contribution >= 4 is 11.9 Å². The number of amides is 1. The first kappa shape index (κ1) is 23.0.